The summed E-state index contributed by atoms with van der Waals surface area (Å²) in [5.74, 6) is 0.148. The Labute approximate surface area is 225 Å². The summed E-state index contributed by atoms with van der Waals surface area (Å²) in [4.78, 5) is 26.3. The van der Waals surface area contributed by atoms with Crippen LogP contribution in [-0.2, 0) is 6.18 Å². The molecule has 0 saturated carbocycles. The fraction of sp³-hybridized carbons (Fsp3) is 0.536. The van der Waals surface area contributed by atoms with Crippen LogP contribution in [0.2, 0.25) is 0 Å². The van der Waals surface area contributed by atoms with Gasteiger partial charge in [0.25, 0.3) is 5.91 Å². The number of hydrogen-bond donors (Lipinski definition) is 4. The van der Waals surface area contributed by atoms with Crippen molar-refractivity contribution < 1.29 is 23.1 Å². The van der Waals surface area contributed by atoms with Gasteiger partial charge in [0.1, 0.15) is 5.56 Å². The van der Waals surface area contributed by atoms with Gasteiger partial charge in [0, 0.05) is 60.1 Å². The van der Waals surface area contributed by atoms with Crippen molar-refractivity contribution in [2.45, 2.75) is 63.8 Å². The number of likely N-dealkylation sites (tertiary alicyclic amines) is 1. The summed E-state index contributed by atoms with van der Waals surface area (Å²) in [6, 6.07) is 5.02. The summed E-state index contributed by atoms with van der Waals surface area (Å²) in [7, 11) is 0. The van der Waals surface area contributed by atoms with Gasteiger partial charge in [-0.05, 0) is 64.1 Å². The first-order valence-electron chi connectivity index (χ1n) is 13.6. The van der Waals surface area contributed by atoms with E-state index in [1.807, 2.05) is 0 Å². The number of carbonyl (C=O) groups is 1. The zero-order valence-corrected chi connectivity index (χ0v) is 22.2. The van der Waals surface area contributed by atoms with Crippen LogP contribution in [0.3, 0.4) is 0 Å². The van der Waals surface area contributed by atoms with Crippen molar-refractivity contribution >= 4 is 22.8 Å². The number of aliphatic hydroxyl groups is 1. The highest BCUT2D eigenvalue weighted by Gasteiger charge is 2.36. The minimum Gasteiger partial charge on any atom is -0.390 e. The summed E-state index contributed by atoms with van der Waals surface area (Å²) in [6.07, 6.45) is 2.08. The highest BCUT2D eigenvalue weighted by atomic mass is 19.4. The third-order valence-corrected chi connectivity index (χ3v) is 7.94. The molecule has 0 radical (unpaired) electrons. The van der Waals surface area contributed by atoms with Crippen molar-refractivity contribution in [3.05, 3.63) is 41.7 Å². The zero-order valence-electron chi connectivity index (χ0n) is 22.2. The Morgan fingerprint density at radius 3 is 2.64 bits per heavy atom. The second-order valence-electron chi connectivity index (χ2n) is 11.2. The molecule has 2 aliphatic heterocycles. The monoisotopic (exact) mass is 544 g/mol. The number of piperidine rings is 1. The Hall–Kier alpha value is -3.18. The molecule has 0 aliphatic carbocycles. The minimum atomic E-state index is -4.63. The van der Waals surface area contributed by atoms with E-state index >= 15 is 0 Å². The third kappa shape index (κ3) is 6.04. The highest BCUT2D eigenvalue weighted by Crippen LogP contribution is 2.39. The largest absolute Gasteiger partial charge is 0.419 e. The number of amides is 1. The van der Waals surface area contributed by atoms with Crippen LogP contribution in [0, 0.1) is 5.92 Å². The van der Waals surface area contributed by atoms with E-state index in [0.29, 0.717) is 54.5 Å². The van der Waals surface area contributed by atoms with Gasteiger partial charge in [-0.25, -0.2) is 9.97 Å². The summed E-state index contributed by atoms with van der Waals surface area (Å²) in [6.45, 7) is 6.28. The predicted molar refractivity (Wildman–Crippen MR) is 143 cm³/mol. The standard InChI is InChI=1S/C28H35F3N6O2/c1-27(2,39)18-8-11-37(12-9-18)25(38)17-6-7-20-21(15-33-23(20)13-17)24-22(28(29,30)31)16-34-26(36-24)35-19-5-3-4-10-32-14-19/h6-7,13,15-16,18-19,32-33,39H,3-5,8-12,14H2,1-2H3,(H,34,35,36)/t19-/m0/s1. The van der Waals surface area contributed by atoms with E-state index in [9.17, 15) is 23.1 Å². The molecule has 2 fully saturated rings. The molecule has 1 amide bonds. The Balaban J connectivity index is 1.41. The van der Waals surface area contributed by atoms with E-state index in [4.69, 9.17) is 0 Å². The second kappa shape index (κ2) is 10.8. The van der Waals surface area contributed by atoms with Crippen LogP contribution in [0.4, 0.5) is 19.1 Å². The van der Waals surface area contributed by atoms with E-state index < -0.39 is 17.3 Å². The normalized spacial score (nSPS) is 19.7. The van der Waals surface area contributed by atoms with Gasteiger partial charge in [0.05, 0.1) is 11.3 Å². The number of aromatic nitrogens is 3. The minimum absolute atomic E-state index is 0.0298. The summed E-state index contributed by atoms with van der Waals surface area (Å²) >= 11 is 0. The van der Waals surface area contributed by atoms with E-state index in [0.717, 1.165) is 32.0 Å². The molecule has 11 heteroatoms. The molecule has 2 aliphatic rings. The SMILES string of the molecule is CC(C)(O)C1CCN(C(=O)c2ccc3c(-c4nc(N[C@H]5CCCCNC5)ncc4C(F)(F)F)c[nH]c3c2)CC1. The molecular weight excluding hydrogens is 509 g/mol. The first kappa shape index (κ1) is 27.4. The van der Waals surface area contributed by atoms with Gasteiger partial charge in [-0.2, -0.15) is 13.2 Å². The number of fused-ring (bicyclic) bond motifs is 1. The molecule has 8 nitrogen and oxygen atoms in total. The molecule has 2 aromatic heterocycles. The van der Waals surface area contributed by atoms with Gasteiger partial charge in [-0.15, -0.1) is 0 Å². The lowest BCUT2D eigenvalue weighted by Gasteiger charge is -2.37. The first-order valence-corrected chi connectivity index (χ1v) is 13.6. The highest BCUT2D eigenvalue weighted by molar-refractivity contribution is 6.02. The number of aromatic amines is 1. The molecule has 1 aromatic carbocycles. The van der Waals surface area contributed by atoms with Gasteiger partial charge in [-0.3, -0.25) is 4.79 Å². The van der Waals surface area contributed by atoms with E-state index in [1.165, 1.54) is 6.20 Å². The maximum absolute atomic E-state index is 14.0. The average Bonchev–Trinajstić information content (AvgIpc) is 3.15. The lowest BCUT2D eigenvalue weighted by Crippen LogP contribution is -2.44. The fourth-order valence-corrected chi connectivity index (χ4v) is 5.62. The quantitative estimate of drug-likeness (QED) is 0.367. The molecule has 4 N–H and O–H groups in total. The number of benzene rings is 1. The van der Waals surface area contributed by atoms with Crippen LogP contribution in [0.5, 0.6) is 0 Å². The van der Waals surface area contributed by atoms with Crippen LogP contribution >= 0.6 is 0 Å². The maximum atomic E-state index is 14.0. The molecular formula is C28H35F3N6O2. The number of nitrogens with one attached hydrogen (secondary N) is 3. The molecule has 39 heavy (non-hydrogen) atoms. The number of anilines is 1. The van der Waals surface area contributed by atoms with Crippen LogP contribution in [0.1, 0.15) is 61.9 Å². The molecule has 2 saturated heterocycles. The number of nitrogens with zero attached hydrogens (tertiary/aromatic N) is 3. The second-order valence-corrected chi connectivity index (χ2v) is 11.2. The molecule has 210 valence electrons. The number of halogens is 3. The third-order valence-electron chi connectivity index (χ3n) is 7.94. The Kier molecular flexibility index (Phi) is 7.56. The number of carbonyl (C=O) groups excluding carboxylic acids is 1. The van der Waals surface area contributed by atoms with Crippen molar-refractivity contribution in [3.63, 3.8) is 0 Å². The fourth-order valence-electron chi connectivity index (χ4n) is 5.62. The summed E-state index contributed by atoms with van der Waals surface area (Å²) in [5, 5.41) is 17.3. The van der Waals surface area contributed by atoms with Crippen LogP contribution < -0.4 is 10.6 Å². The lowest BCUT2D eigenvalue weighted by atomic mass is 9.83. The Bertz CT molecular complexity index is 1320. The smallest absolute Gasteiger partial charge is 0.390 e. The van der Waals surface area contributed by atoms with Gasteiger partial charge < -0.3 is 25.6 Å². The topological polar surface area (TPSA) is 106 Å². The molecule has 0 spiro atoms. The Morgan fingerprint density at radius 1 is 1.15 bits per heavy atom. The predicted octanol–water partition coefficient (Wildman–Crippen LogP) is 4.82. The van der Waals surface area contributed by atoms with Crippen molar-refractivity contribution in [2.75, 3.05) is 31.5 Å². The van der Waals surface area contributed by atoms with E-state index in [-0.39, 0.29) is 29.5 Å². The van der Waals surface area contributed by atoms with Gasteiger partial charge in [0.2, 0.25) is 5.95 Å². The number of hydrogen-bond acceptors (Lipinski definition) is 6. The van der Waals surface area contributed by atoms with Crippen molar-refractivity contribution in [1.29, 1.82) is 0 Å². The molecule has 1 atom stereocenters. The summed E-state index contributed by atoms with van der Waals surface area (Å²) < 4.78 is 41.9. The van der Waals surface area contributed by atoms with Crippen molar-refractivity contribution in [2.24, 2.45) is 5.92 Å². The number of H-pyrrole nitrogens is 1. The number of rotatable bonds is 5. The molecule has 0 unspecified atom stereocenters. The average molecular weight is 545 g/mol. The van der Waals surface area contributed by atoms with Crippen LogP contribution in [0.15, 0.2) is 30.6 Å². The zero-order chi connectivity index (χ0) is 27.8. The van der Waals surface area contributed by atoms with Gasteiger partial charge in [0.15, 0.2) is 0 Å². The molecule has 4 heterocycles. The van der Waals surface area contributed by atoms with Crippen molar-refractivity contribution in [3.8, 4) is 11.3 Å². The van der Waals surface area contributed by atoms with Gasteiger partial charge in [-0.1, -0.05) is 12.5 Å². The summed E-state index contributed by atoms with van der Waals surface area (Å²) in [5.41, 5.74) is -0.599. The molecule has 5 rings (SSSR count). The van der Waals surface area contributed by atoms with E-state index in [1.54, 1.807) is 36.9 Å². The first-order chi connectivity index (χ1) is 18.5. The Morgan fingerprint density at radius 2 is 1.92 bits per heavy atom. The molecule has 3 aromatic rings. The molecule has 0 bridgehead atoms. The van der Waals surface area contributed by atoms with Crippen LogP contribution in [0.25, 0.3) is 22.2 Å². The maximum Gasteiger partial charge on any atom is 0.419 e. The van der Waals surface area contributed by atoms with Crippen LogP contribution in [-0.4, -0.2) is 68.7 Å². The van der Waals surface area contributed by atoms with Crippen molar-refractivity contribution in [1.82, 2.24) is 25.2 Å². The van der Waals surface area contributed by atoms with E-state index in [2.05, 4.69) is 25.6 Å². The number of alkyl halides is 3. The lowest BCUT2D eigenvalue weighted by molar-refractivity contribution is -0.137. The van der Waals surface area contributed by atoms with Gasteiger partial charge >= 0.3 is 6.18 Å².